The predicted molar refractivity (Wildman–Crippen MR) is 148 cm³/mol. The third-order valence-corrected chi connectivity index (χ3v) is 8.21. The molecule has 39 heavy (non-hydrogen) atoms. The zero-order valence-electron chi connectivity index (χ0n) is 22.2. The monoisotopic (exact) mass is 550 g/mol. The maximum atomic E-state index is 13.3. The molecule has 9 heteroatoms. The first kappa shape index (κ1) is 27.2. The van der Waals surface area contributed by atoms with Gasteiger partial charge in [0, 0.05) is 38.0 Å². The second kappa shape index (κ2) is 12.6. The van der Waals surface area contributed by atoms with E-state index in [0.717, 1.165) is 37.9 Å². The third-order valence-electron chi connectivity index (χ3n) is 7.88. The largest absolute Gasteiger partial charge is 0.493 e. The molecule has 0 radical (unpaired) electrons. The number of fused-ring (bicyclic) bond motifs is 1. The highest BCUT2D eigenvalue weighted by molar-refractivity contribution is 6.33. The number of carbonyl (C=O) groups is 2. The third kappa shape index (κ3) is 6.61. The average molecular weight is 551 g/mol. The molecule has 5 rings (SSSR count). The molecule has 2 aliphatic rings. The van der Waals surface area contributed by atoms with Crippen LogP contribution in [0.1, 0.15) is 56.4 Å². The number of hydrogen-bond acceptors (Lipinski definition) is 6. The number of nitrogens with zero attached hydrogens (tertiary/aromatic N) is 3. The second-order valence-corrected chi connectivity index (χ2v) is 10.8. The highest BCUT2D eigenvalue weighted by Gasteiger charge is 2.41. The summed E-state index contributed by atoms with van der Waals surface area (Å²) in [4.78, 5) is 32.7. The standard InChI is InChI=1S/C30H35ClN4O4/c31-24-11-3-2-10-23(24)28-33-26(39-34-28)13-14-27(36)35-19-16-30(17-20-35)15-6-5-9-22-8-1-4-12-25(22)38-21-7-18-32-29(30)37/h1-4,8,10-12H,5-7,9,13-21H2,(H,32,37). The fourth-order valence-corrected chi connectivity index (χ4v) is 5.75. The number of likely N-dealkylation sites (tertiary alicyclic amines) is 1. The Morgan fingerprint density at radius 3 is 2.67 bits per heavy atom. The Morgan fingerprint density at radius 1 is 1.03 bits per heavy atom. The number of piperidine rings is 1. The maximum absolute atomic E-state index is 13.3. The molecule has 2 amide bonds. The minimum atomic E-state index is -0.429. The van der Waals surface area contributed by atoms with Crippen LogP contribution in [0.2, 0.25) is 5.02 Å². The van der Waals surface area contributed by atoms with Crippen LogP contribution in [0, 0.1) is 5.41 Å². The summed E-state index contributed by atoms with van der Waals surface area (Å²) in [6, 6.07) is 15.5. The van der Waals surface area contributed by atoms with Crippen molar-refractivity contribution in [3.8, 4) is 17.1 Å². The van der Waals surface area contributed by atoms with Gasteiger partial charge in [-0.1, -0.05) is 53.5 Å². The van der Waals surface area contributed by atoms with E-state index in [0.29, 0.717) is 67.8 Å². The molecule has 3 heterocycles. The molecule has 0 saturated carbocycles. The zero-order valence-corrected chi connectivity index (χ0v) is 22.9. The molecular formula is C30H35ClN4O4. The van der Waals surface area contributed by atoms with E-state index in [2.05, 4.69) is 27.6 Å². The highest BCUT2D eigenvalue weighted by atomic mass is 35.5. The number of aromatic nitrogens is 2. The van der Waals surface area contributed by atoms with Gasteiger partial charge >= 0.3 is 0 Å². The quantitative estimate of drug-likeness (QED) is 0.477. The van der Waals surface area contributed by atoms with Crippen LogP contribution in [0.4, 0.5) is 0 Å². The summed E-state index contributed by atoms with van der Waals surface area (Å²) in [5.74, 6) is 1.94. The fraction of sp³-hybridized carbons (Fsp3) is 0.467. The number of nitrogens with one attached hydrogen (secondary N) is 1. The molecular weight excluding hydrogens is 516 g/mol. The Hall–Kier alpha value is -3.39. The van der Waals surface area contributed by atoms with Crippen molar-refractivity contribution in [3.05, 3.63) is 65.0 Å². The van der Waals surface area contributed by atoms with Gasteiger partial charge in [-0.3, -0.25) is 9.59 Å². The zero-order chi connectivity index (χ0) is 27.1. The van der Waals surface area contributed by atoms with E-state index >= 15 is 0 Å². The first-order chi connectivity index (χ1) is 19.0. The molecule has 8 nitrogen and oxygen atoms in total. The normalized spacial score (nSPS) is 18.2. The van der Waals surface area contributed by atoms with Gasteiger partial charge in [-0.25, -0.2) is 0 Å². The number of aryl methyl sites for hydroxylation is 2. The van der Waals surface area contributed by atoms with E-state index in [-0.39, 0.29) is 18.2 Å². The van der Waals surface area contributed by atoms with Gasteiger partial charge in [0.05, 0.1) is 17.0 Å². The van der Waals surface area contributed by atoms with E-state index < -0.39 is 5.41 Å². The van der Waals surface area contributed by atoms with Crippen molar-refractivity contribution < 1.29 is 18.8 Å². The predicted octanol–water partition coefficient (Wildman–Crippen LogP) is 5.24. The van der Waals surface area contributed by atoms with E-state index in [4.69, 9.17) is 20.9 Å². The van der Waals surface area contributed by atoms with Crippen molar-refractivity contribution in [1.29, 1.82) is 0 Å². The summed E-state index contributed by atoms with van der Waals surface area (Å²) in [5.41, 5.74) is 1.50. The minimum Gasteiger partial charge on any atom is -0.493 e. The Labute approximate surface area is 234 Å². The number of para-hydroxylation sites is 1. The Bertz CT molecular complexity index is 1290. The van der Waals surface area contributed by atoms with Crippen molar-refractivity contribution >= 4 is 23.4 Å². The summed E-state index contributed by atoms with van der Waals surface area (Å²) < 4.78 is 11.3. The highest BCUT2D eigenvalue weighted by Crippen LogP contribution is 2.38. The van der Waals surface area contributed by atoms with Crippen LogP contribution in [0.3, 0.4) is 0 Å². The van der Waals surface area contributed by atoms with Crippen LogP contribution < -0.4 is 10.1 Å². The number of benzene rings is 2. The molecule has 0 aliphatic carbocycles. The summed E-state index contributed by atoms with van der Waals surface area (Å²) >= 11 is 6.23. The summed E-state index contributed by atoms with van der Waals surface area (Å²) in [6.07, 6.45) is 6.48. The van der Waals surface area contributed by atoms with Gasteiger partial charge in [-0.05, 0) is 62.3 Å². The van der Waals surface area contributed by atoms with Crippen LogP contribution in [0.15, 0.2) is 53.1 Å². The lowest BCUT2D eigenvalue weighted by molar-refractivity contribution is -0.141. The number of carbonyl (C=O) groups excluding carboxylic acids is 2. The Balaban J connectivity index is 1.15. The Morgan fingerprint density at radius 2 is 1.82 bits per heavy atom. The van der Waals surface area contributed by atoms with E-state index in [9.17, 15) is 9.59 Å². The topological polar surface area (TPSA) is 97.6 Å². The lowest BCUT2D eigenvalue weighted by Gasteiger charge is -2.41. The van der Waals surface area contributed by atoms with Gasteiger partial charge in [0.25, 0.3) is 0 Å². The van der Waals surface area contributed by atoms with Crippen LogP contribution in [0.5, 0.6) is 5.75 Å². The molecule has 0 unspecified atom stereocenters. The van der Waals surface area contributed by atoms with E-state index in [1.54, 1.807) is 6.07 Å². The minimum absolute atomic E-state index is 0.0427. The van der Waals surface area contributed by atoms with Crippen LogP contribution in [-0.2, 0) is 22.4 Å². The van der Waals surface area contributed by atoms with Gasteiger partial charge in [0.1, 0.15) is 5.75 Å². The van der Waals surface area contributed by atoms with Gasteiger partial charge in [0.2, 0.25) is 23.5 Å². The molecule has 1 saturated heterocycles. The number of amides is 2. The average Bonchev–Trinajstić information content (AvgIpc) is 3.43. The van der Waals surface area contributed by atoms with Crippen LogP contribution >= 0.6 is 11.6 Å². The van der Waals surface area contributed by atoms with E-state index in [1.165, 1.54) is 5.56 Å². The summed E-state index contributed by atoms with van der Waals surface area (Å²) in [5, 5.41) is 7.72. The lowest BCUT2D eigenvalue weighted by atomic mass is 9.73. The molecule has 1 aromatic heterocycles. The van der Waals surface area contributed by atoms with E-state index in [1.807, 2.05) is 35.2 Å². The number of ether oxygens (including phenoxy) is 1. The molecule has 2 aliphatic heterocycles. The summed E-state index contributed by atoms with van der Waals surface area (Å²) in [7, 11) is 0. The summed E-state index contributed by atoms with van der Waals surface area (Å²) in [6.45, 7) is 2.32. The molecule has 1 fully saturated rings. The van der Waals surface area contributed by atoms with Crippen LogP contribution in [-0.4, -0.2) is 53.1 Å². The first-order valence-electron chi connectivity index (χ1n) is 13.9. The smallest absolute Gasteiger partial charge is 0.227 e. The van der Waals surface area contributed by atoms with Gasteiger partial charge in [0.15, 0.2) is 0 Å². The van der Waals surface area contributed by atoms with Crippen molar-refractivity contribution in [2.45, 2.75) is 57.8 Å². The molecule has 206 valence electrons. The second-order valence-electron chi connectivity index (χ2n) is 10.4. The SMILES string of the molecule is O=C(CCc1nc(-c2ccccc2Cl)no1)N1CCC2(CCCCc3ccccc3OCCCNC2=O)CC1. The number of hydrogen-bond donors (Lipinski definition) is 1. The molecule has 3 aromatic rings. The lowest BCUT2D eigenvalue weighted by Crippen LogP contribution is -2.50. The number of rotatable bonds is 4. The van der Waals surface area contributed by atoms with Crippen molar-refractivity contribution in [2.75, 3.05) is 26.2 Å². The van der Waals surface area contributed by atoms with Crippen molar-refractivity contribution in [2.24, 2.45) is 5.41 Å². The first-order valence-corrected chi connectivity index (χ1v) is 14.3. The number of halogens is 1. The van der Waals surface area contributed by atoms with Gasteiger partial charge < -0.3 is 19.5 Å². The fourth-order valence-electron chi connectivity index (χ4n) is 5.53. The molecule has 1 N–H and O–H groups in total. The van der Waals surface area contributed by atoms with Crippen molar-refractivity contribution in [3.63, 3.8) is 0 Å². The maximum Gasteiger partial charge on any atom is 0.227 e. The van der Waals surface area contributed by atoms with Gasteiger partial charge in [-0.2, -0.15) is 4.98 Å². The molecule has 0 bridgehead atoms. The van der Waals surface area contributed by atoms with Crippen molar-refractivity contribution in [1.82, 2.24) is 20.4 Å². The molecule has 2 aromatic carbocycles. The molecule has 0 atom stereocenters. The Kier molecular flexibility index (Phi) is 8.81. The molecule has 1 spiro atoms. The van der Waals surface area contributed by atoms with Gasteiger partial charge in [-0.15, -0.1) is 0 Å². The van der Waals surface area contributed by atoms with Crippen LogP contribution in [0.25, 0.3) is 11.4 Å².